The van der Waals surface area contributed by atoms with Gasteiger partial charge in [0.15, 0.2) is 0 Å². The number of furan rings is 1. The Hall–Kier alpha value is -2.01. The maximum atomic E-state index is 6.21. The molecule has 3 rings (SSSR count). The number of hydrogen-bond donors (Lipinski definition) is 1. The second-order valence-electron chi connectivity index (χ2n) is 5.44. The van der Waals surface area contributed by atoms with Crippen LogP contribution in [0.15, 0.2) is 59.1 Å². The summed E-state index contributed by atoms with van der Waals surface area (Å²) in [7, 11) is 0. The highest BCUT2D eigenvalue weighted by atomic mass is 35.5. The number of halogens is 2. The minimum atomic E-state index is 0.577. The van der Waals surface area contributed by atoms with Gasteiger partial charge in [-0.3, -0.25) is 0 Å². The Morgan fingerprint density at radius 1 is 1.08 bits per heavy atom. The van der Waals surface area contributed by atoms with Gasteiger partial charge in [0.25, 0.3) is 0 Å². The molecule has 0 saturated carbocycles. The predicted molar refractivity (Wildman–Crippen MR) is 100 cm³/mol. The van der Waals surface area contributed by atoms with E-state index in [0.29, 0.717) is 29.1 Å². The van der Waals surface area contributed by atoms with Crippen LogP contribution in [-0.2, 0) is 6.54 Å². The van der Waals surface area contributed by atoms with Crippen molar-refractivity contribution < 1.29 is 9.15 Å². The fourth-order valence-corrected chi connectivity index (χ4v) is 2.83. The molecule has 25 heavy (non-hydrogen) atoms. The van der Waals surface area contributed by atoms with Crippen LogP contribution in [0.25, 0.3) is 11.3 Å². The van der Waals surface area contributed by atoms with Gasteiger partial charge in [-0.2, -0.15) is 0 Å². The molecular formula is C19H18Cl2N2O2. The molecule has 0 amide bonds. The molecule has 130 valence electrons. The first-order valence-electron chi connectivity index (χ1n) is 8.01. The fraction of sp³-hybridized carbons (Fsp3) is 0.211. The molecule has 0 spiro atoms. The molecule has 6 heteroatoms. The van der Waals surface area contributed by atoms with E-state index < -0.39 is 0 Å². The molecule has 4 nitrogen and oxygen atoms in total. The average molecular weight is 377 g/mol. The predicted octanol–water partition coefficient (Wildman–Crippen LogP) is 5.21. The van der Waals surface area contributed by atoms with Gasteiger partial charge in [0.1, 0.15) is 11.5 Å². The number of nitrogens with zero attached hydrogens (tertiary/aromatic N) is 1. The first-order valence-corrected chi connectivity index (χ1v) is 8.76. The van der Waals surface area contributed by atoms with Gasteiger partial charge < -0.3 is 14.5 Å². The smallest absolute Gasteiger partial charge is 0.213 e. The molecule has 1 N–H and O–H groups in total. The van der Waals surface area contributed by atoms with E-state index in [1.807, 2.05) is 36.4 Å². The second-order valence-corrected chi connectivity index (χ2v) is 6.28. The van der Waals surface area contributed by atoms with Crippen LogP contribution in [0.5, 0.6) is 5.88 Å². The summed E-state index contributed by atoms with van der Waals surface area (Å²) in [6.45, 7) is 2.09. The van der Waals surface area contributed by atoms with Crippen LogP contribution >= 0.6 is 23.2 Å². The van der Waals surface area contributed by atoms with E-state index in [4.69, 9.17) is 32.4 Å². The average Bonchev–Trinajstić information content (AvgIpc) is 3.07. The summed E-state index contributed by atoms with van der Waals surface area (Å²) in [6, 6.07) is 14.8. The summed E-state index contributed by atoms with van der Waals surface area (Å²) < 4.78 is 11.4. The lowest BCUT2D eigenvalue weighted by Crippen LogP contribution is -2.16. The van der Waals surface area contributed by atoms with Crippen molar-refractivity contribution in [3.05, 3.63) is 70.5 Å². The molecule has 0 bridgehead atoms. The van der Waals surface area contributed by atoms with Crippen LogP contribution in [0.3, 0.4) is 0 Å². The normalized spacial score (nSPS) is 10.8. The minimum Gasteiger partial charge on any atom is -0.478 e. The molecule has 0 radical (unpaired) electrons. The van der Waals surface area contributed by atoms with Crippen molar-refractivity contribution in [2.75, 3.05) is 13.2 Å². The summed E-state index contributed by atoms with van der Waals surface area (Å²) in [5, 5.41) is 4.51. The maximum absolute atomic E-state index is 6.21. The van der Waals surface area contributed by atoms with E-state index in [9.17, 15) is 0 Å². The number of nitrogens with one attached hydrogen (secondary N) is 1. The third kappa shape index (κ3) is 5.23. The Bertz CT molecular complexity index is 806. The van der Waals surface area contributed by atoms with Gasteiger partial charge >= 0.3 is 0 Å². The summed E-state index contributed by atoms with van der Waals surface area (Å²) in [5.41, 5.74) is 0.834. The van der Waals surface area contributed by atoms with Gasteiger partial charge in [0.05, 0.1) is 18.2 Å². The van der Waals surface area contributed by atoms with Gasteiger partial charge in [-0.1, -0.05) is 29.3 Å². The highest BCUT2D eigenvalue weighted by Crippen LogP contribution is 2.31. The first-order chi connectivity index (χ1) is 12.2. The van der Waals surface area contributed by atoms with E-state index >= 15 is 0 Å². The van der Waals surface area contributed by atoms with E-state index in [0.717, 1.165) is 30.0 Å². The number of aromatic nitrogens is 1. The molecule has 3 aromatic rings. The number of ether oxygens (including phenoxy) is 1. The Kier molecular flexibility index (Phi) is 6.34. The summed E-state index contributed by atoms with van der Waals surface area (Å²) in [6.07, 6.45) is 2.60. The summed E-state index contributed by atoms with van der Waals surface area (Å²) in [4.78, 5) is 4.11. The van der Waals surface area contributed by atoms with Crippen LogP contribution in [0, 0.1) is 0 Å². The molecular weight excluding hydrogens is 359 g/mol. The minimum absolute atomic E-state index is 0.577. The second kappa shape index (κ2) is 8.90. The van der Waals surface area contributed by atoms with Crippen molar-refractivity contribution in [3.63, 3.8) is 0 Å². The Balaban J connectivity index is 1.41. The van der Waals surface area contributed by atoms with Gasteiger partial charge in [-0.05, 0) is 49.4 Å². The lowest BCUT2D eigenvalue weighted by molar-refractivity contribution is 0.296. The van der Waals surface area contributed by atoms with Crippen molar-refractivity contribution in [1.82, 2.24) is 10.3 Å². The number of pyridine rings is 1. The third-order valence-electron chi connectivity index (χ3n) is 3.54. The zero-order valence-corrected chi connectivity index (χ0v) is 15.1. The standard InChI is InChI=1S/C19H18Cl2N2O2/c20-14-5-7-16(17(21)12-14)18-8-6-15(25-18)13-22-9-3-11-24-19-4-1-2-10-23-19/h1-2,4-8,10,12,22H,3,9,11,13H2. The van der Waals surface area contributed by atoms with Crippen LogP contribution in [0.4, 0.5) is 0 Å². The summed E-state index contributed by atoms with van der Waals surface area (Å²) in [5.74, 6) is 2.24. The number of rotatable bonds is 8. The van der Waals surface area contributed by atoms with E-state index in [2.05, 4.69) is 10.3 Å². The van der Waals surface area contributed by atoms with Crippen molar-refractivity contribution in [1.29, 1.82) is 0 Å². The zero-order valence-electron chi connectivity index (χ0n) is 13.5. The molecule has 0 aliphatic carbocycles. The monoisotopic (exact) mass is 376 g/mol. The molecule has 2 aromatic heterocycles. The maximum Gasteiger partial charge on any atom is 0.213 e. The third-order valence-corrected chi connectivity index (χ3v) is 4.09. The quantitative estimate of drug-likeness (QED) is 0.548. The highest BCUT2D eigenvalue weighted by Gasteiger charge is 2.09. The Morgan fingerprint density at radius 2 is 2.00 bits per heavy atom. The first kappa shape index (κ1) is 17.8. The number of benzene rings is 1. The van der Waals surface area contributed by atoms with E-state index in [1.54, 1.807) is 18.3 Å². The molecule has 0 atom stereocenters. The Labute approximate surface area is 156 Å². The van der Waals surface area contributed by atoms with Gasteiger partial charge in [-0.15, -0.1) is 0 Å². The molecule has 0 fully saturated rings. The summed E-state index contributed by atoms with van der Waals surface area (Å²) >= 11 is 12.1. The lowest BCUT2D eigenvalue weighted by Gasteiger charge is -2.05. The van der Waals surface area contributed by atoms with Crippen molar-refractivity contribution in [2.45, 2.75) is 13.0 Å². The van der Waals surface area contributed by atoms with Crippen LogP contribution in [-0.4, -0.2) is 18.1 Å². The van der Waals surface area contributed by atoms with Crippen LogP contribution < -0.4 is 10.1 Å². The van der Waals surface area contributed by atoms with E-state index in [-0.39, 0.29) is 0 Å². The van der Waals surface area contributed by atoms with Crippen molar-refractivity contribution in [3.8, 4) is 17.2 Å². The molecule has 0 aliphatic rings. The van der Waals surface area contributed by atoms with Gasteiger partial charge in [-0.25, -0.2) is 4.98 Å². The van der Waals surface area contributed by atoms with Gasteiger partial charge in [0.2, 0.25) is 5.88 Å². The SMILES string of the molecule is Clc1ccc(-c2ccc(CNCCCOc3ccccn3)o2)c(Cl)c1. The molecule has 2 heterocycles. The van der Waals surface area contributed by atoms with Crippen LogP contribution in [0.2, 0.25) is 10.0 Å². The lowest BCUT2D eigenvalue weighted by atomic mass is 10.2. The topological polar surface area (TPSA) is 47.3 Å². The molecule has 0 saturated heterocycles. The van der Waals surface area contributed by atoms with Crippen molar-refractivity contribution in [2.24, 2.45) is 0 Å². The number of hydrogen-bond acceptors (Lipinski definition) is 4. The molecule has 1 aromatic carbocycles. The Morgan fingerprint density at radius 3 is 2.80 bits per heavy atom. The zero-order chi connectivity index (χ0) is 17.5. The molecule has 0 aliphatic heterocycles. The largest absolute Gasteiger partial charge is 0.478 e. The van der Waals surface area contributed by atoms with Crippen molar-refractivity contribution >= 4 is 23.2 Å². The highest BCUT2D eigenvalue weighted by molar-refractivity contribution is 6.36. The van der Waals surface area contributed by atoms with Crippen LogP contribution in [0.1, 0.15) is 12.2 Å². The molecule has 0 unspecified atom stereocenters. The fourth-order valence-electron chi connectivity index (χ4n) is 2.32. The van der Waals surface area contributed by atoms with Gasteiger partial charge in [0, 0.05) is 22.8 Å². The van der Waals surface area contributed by atoms with E-state index in [1.165, 1.54) is 0 Å².